The number of aryl methyl sites for hydroxylation is 1. The standard InChI is InChI=1S/C21H26S/c1-3-4-5-9-12-21(17-19-10-7-6-8-11-19)22-20-15-13-18(2)14-16-20/h6-8,10-11,13-17H,3-5,9,12H2,1-2H3/b21-17-. The maximum absolute atomic E-state index is 2.34. The molecular formula is C21H26S. The van der Waals surface area contributed by atoms with Gasteiger partial charge in [-0.15, -0.1) is 0 Å². The Bertz CT molecular complexity index is 567. The third-order valence-electron chi connectivity index (χ3n) is 3.67. The van der Waals surface area contributed by atoms with Crippen LogP contribution in [0.4, 0.5) is 0 Å². The summed E-state index contributed by atoms with van der Waals surface area (Å²) in [5, 5.41) is 0. The van der Waals surface area contributed by atoms with Crippen molar-refractivity contribution >= 4 is 17.8 Å². The summed E-state index contributed by atoms with van der Waals surface area (Å²) in [6.07, 6.45) is 8.77. The molecule has 2 aromatic rings. The highest BCUT2D eigenvalue weighted by Gasteiger charge is 2.02. The van der Waals surface area contributed by atoms with Crippen LogP contribution in [-0.4, -0.2) is 0 Å². The van der Waals surface area contributed by atoms with Crippen LogP contribution in [0.25, 0.3) is 6.08 Å². The van der Waals surface area contributed by atoms with E-state index in [1.54, 1.807) is 0 Å². The summed E-state index contributed by atoms with van der Waals surface area (Å²) in [5.74, 6) is 0. The Morgan fingerprint density at radius 3 is 2.32 bits per heavy atom. The molecule has 0 aliphatic rings. The van der Waals surface area contributed by atoms with E-state index in [1.807, 2.05) is 11.8 Å². The van der Waals surface area contributed by atoms with Gasteiger partial charge in [0.05, 0.1) is 0 Å². The summed E-state index contributed by atoms with van der Waals surface area (Å²) >= 11 is 1.91. The monoisotopic (exact) mass is 310 g/mol. The van der Waals surface area contributed by atoms with Crippen molar-refractivity contribution in [3.8, 4) is 0 Å². The van der Waals surface area contributed by atoms with Crippen molar-refractivity contribution in [1.29, 1.82) is 0 Å². The molecule has 0 N–H and O–H groups in total. The van der Waals surface area contributed by atoms with E-state index < -0.39 is 0 Å². The molecule has 2 aromatic carbocycles. The molecule has 0 spiro atoms. The molecule has 0 unspecified atom stereocenters. The van der Waals surface area contributed by atoms with E-state index in [-0.39, 0.29) is 0 Å². The first-order valence-electron chi connectivity index (χ1n) is 8.28. The van der Waals surface area contributed by atoms with Crippen molar-refractivity contribution in [2.24, 2.45) is 0 Å². The molecule has 0 nitrogen and oxygen atoms in total. The van der Waals surface area contributed by atoms with E-state index in [0.29, 0.717) is 0 Å². The molecule has 0 heterocycles. The summed E-state index contributed by atoms with van der Waals surface area (Å²) < 4.78 is 0. The zero-order valence-electron chi connectivity index (χ0n) is 13.7. The molecule has 116 valence electrons. The molecule has 0 aromatic heterocycles. The molecule has 22 heavy (non-hydrogen) atoms. The van der Waals surface area contributed by atoms with Crippen LogP contribution in [0.15, 0.2) is 64.4 Å². The van der Waals surface area contributed by atoms with Gasteiger partial charge in [0.2, 0.25) is 0 Å². The molecule has 0 aliphatic heterocycles. The van der Waals surface area contributed by atoms with Gasteiger partial charge in [-0.25, -0.2) is 0 Å². The normalized spacial score (nSPS) is 11.6. The van der Waals surface area contributed by atoms with Gasteiger partial charge in [-0.2, -0.15) is 0 Å². The van der Waals surface area contributed by atoms with Gasteiger partial charge in [-0.3, -0.25) is 0 Å². The van der Waals surface area contributed by atoms with Gasteiger partial charge in [0.25, 0.3) is 0 Å². The van der Waals surface area contributed by atoms with Gasteiger partial charge in [-0.1, -0.05) is 86.0 Å². The fourth-order valence-electron chi connectivity index (χ4n) is 2.37. The van der Waals surface area contributed by atoms with Crippen molar-refractivity contribution < 1.29 is 0 Å². The van der Waals surface area contributed by atoms with E-state index >= 15 is 0 Å². The third-order valence-corrected chi connectivity index (χ3v) is 4.77. The lowest BCUT2D eigenvalue weighted by Crippen LogP contribution is -1.83. The Morgan fingerprint density at radius 1 is 0.909 bits per heavy atom. The second kappa shape index (κ2) is 9.53. The lowest BCUT2D eigenvalue weighted by Gasteiger charge is -2.08. The van der Waals surface area contributed by atoms with Gasteiger partial charge in [0.1, 0.15) is 0 Å². The number of unbranched alkanes of at least 4 members (excludes halogenated alkanes) is 3. The number of rotatable bonds is 8. The number of allylic oxidation sites excluding steroid dienone is 1. The second-order valence-electron chi connectivity index (χ2n) is 5.75. The van der Waals surface area contributed by atoms with Crippen molar-refractivity contribution in [2.45, 2.75) is 50.8 Å². The van der Waals surface area contributed by atoms with Gasteiger partial charge < -0.3 is 0 Å². The lowest BCUT2D eigenvalue weighted by molar-refractivity contribution is 0.673. The number of benzene rings is 2. The molecule has 0 bridgehead atoms. The van der Waals surface area contributed by atoms with E-state index in [4.69, 9.17) is 0 Å². The van der Waals surface area contributed by atoms with E-state index in [0.717, 1.165) is 0 Å². The van der Waals surface area contributed by atoms with Crippen LogP contribution < -0.4 is 0 Å². The molecule has 0 aliphatic carbocycles. The van der Waals surface area contributed by atoms with Crippen LogP contribution in [0.3, 0.4) is 0 Å². The average Bonchev–Trinajstić information content (AvgIpc) is 2.54. The molecule has 0 amide bonds. The topological polar surface area (TPSA) is 0 Å². The minimum atomic E-state index is 1.17. The lowest BCUT2D eigenvalue weighted by atomic mass is 10.1. The third kappa shape index (κ3) is 6.11. The predicted molar refractivity (Wildman–Crippen MR) is 100 cm³/mol. The van der Waals surface area contributed by atoms with Gasteiger partial charge >= 0.3 is 0 Å². The fraction of sp³-hybridized carbons (Fsp3) is 0.333. The van der Waals surface area contributed by atoms with Crippen LogP contribution in [-0.2, 0) is 0 Å². The molecule has 0 saturated heterocycles. The summed E-state index contributed by atoms with van der Waals surface area (Å²) in [5.41, 5.74) is 2.62. The minimum absolute atomic E-state index is 1.17. The minimum Gasteiger partial charge on any atom is -0.0945 e. The van der Waals surface area contributed by atoms with E-state index in [9.17, 15) is 0 Å². The Labute approximate surface area is 139 Å². The molecule has 0 radical (unpaired) electrons. The molecule has 0 saturated carbocycles. The van der Waals surface area contributed by atoms with Crippen molar-refractivity contribution in [3.63, 3.8) is 0 Å². The number of hydrogen-bond acceptors (Lipinski definition) is 1. The fourth-order valence-corrected chi connectivity index (χ4v) is 3.39. The molecule has 0 fully saturated rings. The Morgan fingerprint density at radius 2 is 1.64 bits per heavy atom. The van der Waals surface area contributed by atoms with Gasteiger partial charge in [0.15, 0.2) is 0 Å². The highest BCUT2D eigenvalue weighted by Crippen LogP contribution is 2.32. The van der Waals surface area contributed by atoms with Crippen molar-refractivity contribution in [1.82, 2.24) is 0 Å². The SMILES string of the molecule is CCCCCC/C(=C/c1ccccc1)Sc1ccc(C)cc1. The van der Waals surface area contributed by atoms with E-state index in [1.165, 1.54) is 53.0 Å². The summed E-state index contributed by atoms with van der Waals surface area (Å²) in [4.78, 5) is 2.80. The van der Waals surface area contributed by atoms with Crippen LogP contribution in [0.1, 0.15) is 50.2 Å². The summed E-state index contributed by atoms with van der Waals surface area (Å²) in [7, 11) is 0. The second-order valence-corrected chi connectivity index (χ2v) is 6.95. The summed E-state index contributed by atoms with van der Waals surface area (Å²) in [6.45, 7) is 4.40. The first-order valence-corrected chi connectivity index (χ1v) is 9.09. The average molecular weight is 311 g/mol. The van der Waals surface area contributed by atoms with Gasteiger partial charge in [0, 0.05) is 4.90 Å². The first kappa shape index (κ1) is 16.9. The van der Waals surface area contributed by atoms with Crippen LogP contribution in [0.2, 0.25) is 0 Å². The van der Waals surface area contributed by atoms with Crippen LogP contribution >= 0.6 is 11.8 Å². The smallest absolute Gasteiger partial charge is 0.0119 e. The quantitative estimate of drug-likeness (QED) is 0.370. The Kier molecular flexibility index (Phi) is 7.32. The summed E-state index contributed by atoms with van der Waals surface area (Å²) in [6, 6.07) is 19.5. The van der Waals surface area contributed by atoms with E-state index in [2.05, 4.69) is 74.5 Å². The molecular weight excluding hydrogens is 284 g/mol. The highest BCUT2D eigenvalue weighted by molar-refractivity contribution is 8.03. The molecule has 1 heteroatoms. The molecule has 2 rings (SSSR count). The molecule has 0 atom stereocenters. The van der Waals surface area contributed by atoms with Crippen molar-refractivity contribution in [2.75, 3.05) is 0 Å². The number of hydrogen-bond donors (Lipinski definition) is 0. The zero-order valence-corrected chi connectivity index (χ0v) is 14.5. The Hall–Kier alpha value is -1.47. The predicted octanol–water partition coefficient (Wildman–Crippen LogP) is 7.10. The largest absolute Gasteiger partial charge is 0.0945 e. The maximum atomic E-state index is 2.34. The highest BCUT2D eigenvalue weighted by atomic mass is 32.2. The van der Waals surface area contributed by atoms with Crippen LogP contribution in [0, 0.1) is 6.92 Å². The zero-order chi connectivity index (χ0) is 15.6. The Balaban J connectivity index is 2.07. The number of thioether (sulfide) groups is 1. The van der Waals surface area contributed by atoms with Crippen molar-refractivity contribution in [3.05, 3.63) is 70.6 Å². The van der Waals surface area contributed by atoms with Crippen LogP contribution in [0.5, 0.6) is 0 Å². The van der Waals surface area contributed by atoms with Gasteiger partial charge in [-0.05, 0) is 48.4 Å². The first-order chi connectivity index (χ1) is 10.8. The maximum Gasteiger partial charge on any atom is 0.0119 e.